The number of hydrogen-bond donors (Lipinski definition) is 1. The topological polar surface area (TPSA) is 20.2 Å². The molecule has 0 aromatic heterocycles. The van der Waals surface area contributed by atoms with Crippen molar-refractivity contribution in [2.75, 3.05) is 0 Å². The Bertz CT molecular complexity index is 498. The fourth-order valence-corrected chi connectivity index (χ4v) is 7.70. The van der Waals surface area contributed by atoms with Gasteiger partial charge in [0.15, 0.2) is 0 Å². The van der Waals surface area contributed by atoms with Crippen LogP contribution in [0.25, 0.3) is 0 Å². The Morgan fingerprint density at radius 1 is 1.00 bits per heavy atom. The molecule has 0 radical (unpaired) electrons. The molecule has 0 amide bonds. The molecule has 3 aliphatic rings. The number of fused-ring (bicyclic) bond motifs is 1. The normalized spacial score (nSPS) is 39.4. The zero-order valence-corrected chi connectivity index (χ0v) is 18.7. The summed E-state index contributed by atoms with van der Waals surface area (Å²) in [6.07, 6.45) is 19.7. The molecule has 156 valence electrons. The molecular formula is C26H46O. The van der Waals surface area contributed by atoms with Crippen molar-refractivity contribution in [3.63, 3.8) is 0 Å². The average molecular weight is 375 g/mol. The molecule has 3 rings (SSSR count). The van der Waals surface area contributed by atoms with E-state index in [2.05, 4.69) is 27.4 Å². The van der Waals surface area contributed by atoms with Crippen LogP contribution in [-0.2, 0) is 0 Å². The van der Waals surface area contributed by atoms with Gasteiger partial charge in [-0.2, -0.15) is 0 Å². The monoisotopic (exact) mass is 374 g/mol. The number of aliphatic hydroxyl groups is 1. The molecule has 0 saturated heterocycles. The number of hydrogen-bond acceptors (Lipinski definition) is 1. The van der Waals surface area contributed by atoms with Gasteiger partial charge in [-0.25, -0.2) is 0 Å². The van der Waals surface area contributed by atoms with E-state index in [0.717, 1.165) is 30.1 Å². The fourth-order valence-electron chi connectivity index (χ4n) is 7.70. The van der Waals surface area contributed by atoms with Crippen LogP contribution in [0.2, 0.25) is 0 Å². The van der Waals surface area contributed by atoms with E-state index < -0.39 is 5.60 Å². The van der Waals surface area contributed by atoms with Gasteiger partial charge in [-0.3, -0.25) is 0 Å². The van der Waals surface area contributed by atoms with E-state index in [0.29, 0.717) is 10.8 Å². The second-order valence-electron chi connectivity index (χ2n) is 11.7. The van der Waals surface area contributed by atoms with Crippen LogP contribution in [0.3, 0.4) is 0 Å². The van der Waals surface area contributed by atoms with Crippen molar-refractivity contribution in [2.45, 2.75) is 117 Å². The summed E-state index contributed by atoms with van der Waals surface area (Å²) >= 11 is 0. The Labute approximate surface area is 169 Å². The first-order chi connectivity index (χ1) is 12.7. The first kappa shape index (κ1) is 21.4. The second kappa shape index (κ2) is 8.21. The third kappa shape index (κ3) is 4.65. The Hall–Kier alpha value is -0.300. The van der Waals surface area contributed by atoms with Gasteiger partial charge in [-0.1, -0.05) is 65.4 Å². The van der Waals surface area contributed by atoms with Crippen molar-refractivity contribution < 1.29 is 5.11 Å². The molecule has 3 fully saturated rings. The second-order valence-corrected chi connectivity index (χ2v) is 11.7. The summed E-state index contributed by atoms with van der Waals surface area (Å²) in [4.78, 5) is 0. The smallest absolute Gasteiger partial charge is 0.0797 e. The molecular weight excluding hydrogens is 328 g/mol. The van der Waals surface area contributed by atoms with Crippen molar-refractivity contribution in [2.24, 2.45) is 34.5 Å². The largest absolute Gasteiger partial charge is 0.386 e. The molecule has 0 bridgehead atoms. The van der Waals surface area contributed by atoms with Crippen molar-refractivity contribution in [1.29, 1.82) is 0 Å². The van der Waals surface area contributed by atoms with Gasteiger partial charge in [-0.05, 0) is 86.4 Å². The number of rotatable bonds is 6. The lowest BCUT2D eigenvalue weighted by Gasteiger charge is -2.60. The van der Waals surface area contributed by atoms with Gasteiger partial charge in [0.2, 0.25) is 0 Å². The predicted molar refractivity (Wildman–Crippen MR) is 117 cm³/mol. The van der Waals surface area contributed by atoms with Gasteiger partial charge >= 0.3 is 0 Å². The zero-order chi connectivity index (χ0) is 19.7. The third-order valence-corrected chi connectivity index (χ3v) is 9.28. The maximum Gasteiger partial charge on any atom is 0.0797 e. The highest BCUT2D eigenvalue weighted by Crippen LogP contribution is 2.63. The molecule has 3 unspecified atom stereocenters. The minimum atomic E-state index is -0.705. The highest BCUT2D eigenvalue weighted by molar-refractivity contribution is 5.04. The molecule has 3 aliphatic carbocycles. The van der Waals surface area contributed by atoms with Crippen LogP contribution in [0, 0.1) is 34.5 Å². The lowest BCUT2D eigenvalue weighted by atomic mass is 9.45. The summed E-state index contributed by atoms with van der Waals surface area (Å²) in [5.74, 6) is 3.50. The van der Waals surface area contributed by atoms with Crippen LogP contribution in [0.5, 0.6) is 0 Å². The Kier molecular flexibility index (Phi) is 6.51. The molecule has 0 spiro atoms. The molecule has 0 aromatic carbocycles. The van der Waals surface area contributed by atoms with Crippen LogP contribution in [-0.4, -0.2) is 10.7 Å². The van der Waals surface area contributed by atoms with E-state index >= 15 is 0 Å². The van der Waals surface area contributed by atoms with E-state index in [9.17, 15) is 5.11 Å². The minimum Gasteiger partial charge on any atom is -0.386 e. The van der Waals surface area contributed by atoms with E-state index in [1.54, 1.807) is 6.08 Å². The van der Waals surface area contributed by atoms with Crippen molar-refractivity contribution in [3.05, 3.63) is 12.7 Å². The molecule has 1 nitrogen and oxygen atoms in total. The average Bonchev–Trinajstić information content (AvgIpc) is 2.61. The van der Waals surface area contributed by atoms with E-state index in [1.807, 2.05) is 6.92 Å². The molecule has 5 atom stereocenters. The summed E-state index contributed by atoms with van der Waals surface area (Å²) in [6, 6.07) is 0. The van der Waals surface area contributed by atoms with Gasteiger partial charge in [0.05, 0.1) is 5.60 Å². The van der Waals surface area contributed by atoms with E-state index in [4.69, 9.17) is 0 Å². The third-order valence-electron chi connectivity index (χ3n) is 9.28. The standard InChI is InChI=1S/C26H46O/c1-6-25(4,27)18-15-22-21(19-20-11-8-7-9-12-20)13-14-23-24(2,3)16-10-17-26(22,23)5/h6,20-23,27H,1,7-19H2,2-5H3/t21?,22-,23?,25?,26+/m0/s1. The van der Waals surface area contributed by atoms with Gasteiger partial charge in [0.25, 0.3) is 0 Å². The maximum absolute atomic E-state index is 10.6. The van der Waals surface area contributed by atoms with Crippen molar-refractivity contribution >= 4 is 0 Å². The lowest BCUT2D eigenvalue weighted by molar-refractivity contribution is -0.108. The first-order valence-corrected chi connectivity index (χ1v) is 12.0. The molecule has 0 heterocycles. The molecule has 27 heavy (non-hydrogen) atoms. The Morgan fingerprint density at radius 3 is 2.37 bits per heavy atom. The van der Waals surface area contributed by atoms with Crippen LogP contribution < -0.4 is 0 Å². The summed E-state index contributed by atoms with van der Waals surface area (Å²) in [5, 5.41) is 10.6. The zero-order valence-electron chi connectivity index (χ0n) is 18.7. The lowest BCUT2D eigenvalue weighted by Crippen LogP contribution is -2.52. The van der Waals surface area contributed by atoms with E-state index in [1.165, 1.54) is 77.0 Å². The Morgan fingerprint density at radius 2 is 1.70 bits per heavy atom. The Balaban J connectivity index is 1.80. The molecule has 1 N–H and O–H groups in total. The van der Waals surface area contributed by atoms with Crippen molar-refractivity contribution in [1.82, 2.24) is 0 Å². The fraction of sp³-hybridized carbons (Fsp3) is 0.923. The van der Waals surface area contributed by atoms with Crippen LogP contribution in [0.1, 0.15) is 111 Å². The predicted octanol–water partition coefficient (Wildman–Crippen LogP) is 7.53. The van der Waals surface area contributed by atoms with Gasteiger partial charge in [0.1, 0.15) is 0 Å². The minimum absolute atomic E-state index is 0.469. The van der Waals surface area contributed by atoms with Crippen LogP contribution in [0.4, 0.5) is 0 Å². The van der Waals surface area contributed by atoms with Gasteiger partial charge in [-0.15, -0.1) is 6.58 Å². The molecule has 1 heteroatoms. The summed E-state index contributed by atoms with van der Waals surface area (Å²) in [6.45, 7) is 13.5. The molecule has 3 saturated carbocycles. The first-order valence-electron chi connectivity index (χ1n) is 12.0. The van der Waals surface area contributed by atoms with E-state index in [-0.39, 0.29) is 0 Å². The highest BCUT2D eigenvalue weighted by atomic mass is 16.3. The molecule has 0 aliphatic heterocycles. The SMILES string of the molecule is C=CC(C)(O)CC[C@H]1C(CC2CCCCC2)CCC2C(C)(C)CCC[C@@]21C. The summed E-state index contributed by atoms with van der Waals surface area (Å²) in [7, 11) is 0. The molecule has 0 aromatic rings. The van der Waals surface area contributed by atoms with Crippen LogP contribution in [0.15, 0.2) is 12.7 Å². The quantitative estimate of drug-likeness (QED) is 0.476. The summed E-state index contributed by atoms with van der Waals surface area (Å²) < 4.78 is 0. The van der Waals surface area contributed by atoms with Gasteiger partial charge < -0.3 is 5.11 Å². The maximum atomic E-state index is 10.6. The summed E-state index contributed by atoms with van der Waals surface area (Å²) in [5.41, 5.74) is 0.251. The van der Waals surface area contributed by atoms with Crippen LogP contribution >= 0.6 is 0 Å². The van der Waals surface area contributed by atoms with Gasteiger partial charge in [0, 0.05) is 0 Å². The highest BCUT2D eigenvalue weighted by Gasteiger charge is 2.54. The van der Waals surface area contributed by atoms with Crippen molar-refractivity contribution in [3.8, 4) is 0 Å².